The molecule has 2 aromatic rings. The van der Waals surface area contributed by atoms with Crippen molar-refractivity contribution >= 4 is 0 Å². The minimum absolute atomic E-state index is 0.531. The summed E-state index contributed by atoms with van der Waals surface area (Å²) in [4.78, 5) is 2.40. The molecule has 1 aliphatic rings. The first-order valence-electron chi connectivity index (χ1n) is 7.54. The molecule has 0 radical (unpaired) electrons. The molecule has 2 heterocycles. The highest BCUT2D eigenvalue weighted by Gasteiger charge is 2.22. The summed E-state index contributed by atoms with van der Waals surface area (Å²) in [5.74, 6) is 1.24. The van der Waals surface area contributed by atoms with Crippen LogP contribution in [0.25, 0.3) is 11.5 Å². The van der Waals surface area contributed by atoms with Crippen molar-refractivity contribution < 1.29 is 4.42 Å². The molecular weight excluding hydrogens is 264 g/mol. The summed E-state index contributed by atoms with van der Waals surface area (Å²) in [6.07, 6.45) is 2.33. The Morgan fingerprint density at radius 2 is 2.10 bits per heavy atom. The van der Waals surface area contributed by atoms with Gasteiger partial charge >= 0.3 is 0 Å². The van der Waals surface area contributed by atoms with E-state index in [1.807, 2.05) is 30.3 Å². The Kier molecular flexibility index (Phi) is 4.31. The lowest BCUT2D eigenvalue weighted by Gasteiger charge is -2.35. The first kappa shape index (κ1) is 14.2. The SMILES string of the molecule is CC1CC(NCc2nnc(-c3ccccc3)o2)CCN1C. The molecule has 1 aromatic carbocycles. The van der Waals surface area contributed by atoms with Crippen LogP contribution >= 0.6 is 0 Å². The second-order valence-electron chi connectivity index (χ2n) is 5.80. The average Bonchev–Trinajstić information content (AvgIpc) is 2.98. The lowest BCUT2D eigenvalue weighted by molar-refractivity contribution is 0.166. The van der Waals surface area contributed by atoms with E-state index in [0.29, 0.717) is 30.4 Å². The molecule has 21 heavy (non-hydrogen) atoms. The Labute approximate surface area is 125 Å². The van der Waals surface area contributed by atoms with Gasteiger partial charge in [0.05, 0.1) is 6.54 Å². The fourth-order valence-corrected chi connectivity index (χ4v) is 2.73. The van der Waals surface area contributed by atoms with Gasteiger partial charge in [-0.05, 0) is 45.5 Å². The van der Waals surface area contributed by atoms with E-state index in [0.717, 1.165) is 18.5 Å². The van der Waals surface area contributed by atoms with Crippen molar-refractivity contribution in [3.8, 4) is 11.5 Å². The van der Waals surface area contributed by atoms with Crippen LogP contribution in [-0.2, 0) is 6.54 Å². The van der Waals surface area contributed by atoms with E-state index < -0.39 is 0 Å². The van der Waals surface area contributed by atoms with Crippen LogP contribution in [0, 0.1) is 0 Å². The standard InChI is InChI=1S/C16H22N4O/c1-12-10-14(8-9-20(12)2)17-11-15-18-19-16(21-15)13-6-4-3-5-7-13/h3-7,12,14,17H,8-11H2,1-2H3. The molecule has 0 spiro atoms. The molecule has 1 fully saturated rings. The zero-order chi connectivity index (χ0) is 14.7. The van der Waals surface area contributed by atoms with E-state index in [1.54, 1.807) is 0 Å². The van der Waals surface area contributed by atoms with Crippen molar-refractivity contribution in [2.24, 2.45) is 0 Å². The maximum Gasteiger partial charge on any atom is 0.247 e. The highest BCUT2D eigenvalue weighted by atomic mass is 16.4. The third kappa shape index (κ3) is 3.49. The monoisotopic (exact) mass is 286 g/mol. The molecule has 1 saturated heterocycles. The molecular formula is C16H22N4O. The number of hydrogen-bond acceptors (Lipinski definition) is 5. The predicted octanol–water partition coefficient (Wildman–Crippen LogP) is 2.31. The number of nitrogens with one attached hydrogen (secondary N) is 1. The van der Waals surface area contributed by atoms with Gasteiger partial charge in [0.1, 0.15) is 0 Å². The van der Waals surface area contributed by atoms with Crippen LogP contribution in [0.1, 0.15) is 25.7 Å². The minimum atomic E-state index is 0.531. The van der Waals surface area contributed by atoms with E-state index in [1.165, 1.54) is 6.42 Å². The zero-order valence-corrected chi connectivity index (χ0v) is 12.6. The van der Waals surface area contributed by atoms with E-state index in [4.69, 9.17) is 4.42 Å². The molecule has 0 amide bonds. The summed E-state index contributed by atoms with van der Waals surface area (Å²) in [5.41, 5.74) is 0.962. The van der Waals surface area contributed by atoms with Gasteiger partial charge in [-0.25, -0.2) is 0 Å². The predicted molar refractivity (Wildman–Crippen MR) is 81.7 cm³/mol. The van der Waals surface area contributed by atoms with Crippen molar-refractivity contribution in [2.45, 2.75) is 38.4 Å². The lowest BCUT2D eigenvalue weighted by Crippen LogP contribution is -2.45. The van der Waals surface area contributed by atoms with Gasteiger partial charge in [0.15, 0.2) is 0 Å². The van der Waals surface area contributed by atoms with Crippen molar-refractivity contribution in [1.29, 1.82) is 0 Å². The van der Waals surface area contributed by atoms with E-state index in [9.17, 15) is 0 Å². The number of piperidine rings is 1. The Morgan fingerprint density at radius 1 is 1.29 bits per heavy atom. The number of nitrogens with zero attached hydrogens (tertiary/aromatic N) is 3. The molecule has 3 rings (SSSR count). The third-order valence-corrected chi connectivity index (χ3v) is 4.24. The first-order chi connectivity index (χ1) is 10.2. The Hall–Kier alpha value is -1.72. The topological polar surface area (TPSA) is 54.2 Å². The minimum Gasteiger partial charge on any atom is -0.419 e. The lowest BCUT2D eigenvalue weighted by atomic mass is 9.99. The third-order valence-electron chi connectivity index (χ3n) is 4.24. The fraction of sp³-hybridized carbons (Fsp3) is 0.500. The highest BCUT2D eigenvalue weighted by Crippen LogP contribution is 2.18. The maximum absolute atomic E-state index is 5.71. The molecule has 2 unspecified atom stereocenters. The molecule has 1 aliphatic heterocycles. The second-order valence-corrected chi connectivity index (χ2v) is 5.80. The van der Waals surface area contributed by atoms with Gasteiger partial charge < -0.3 is 14.6 Å². The summed E-state index contributed by atoms with van der Waals surface area (Å²) in [5, 5.41) is 11.8. The summed E-state index contributed by atoms with van der Waals surface area (Å²) in [6, 6.07) is 11.0. The van der Waals surface area contributed by atoms with E-state index in [-0.39, 0.29) is 0 Å². The van der Waals surface area contributed by atoms with Gasteiger partial charge in [-0.2, -0.15) is 0 Å². The molecule has 5 heteroatoms. The molecule has 112 valence electrons. The molecule has 1 aromatic heterocycles. The number of likely N-dealkylation sites (tertiary alicyclic amines) is 1. The zero-order valence-electron chi connectivity index (χ0n) is 12.6. The highest BCUT2D eigenvalue weighted by molar-refractivity contribution is 5.51. The summed E-state index contributed by atoms with van der Waals surface area (Å²) in [7, 11) is 2.19. The molecule has 2 atom stereocenters. The maximum atomic E-state index is 5.71. The Balaban J connectivity index is 1.56. The van der Waals surface area contributed by atoms with Crippen LogP contribution in [0.2, 0.25) is 0 Å². The van der Waals surface area contributed by atoms with E-state index in [2.05, 4.69) is 34.4 Å². The van der Waals surface area contributed by atoms with Crippen LogP contribution in [0.3, 0.4) is 0 Å². The smallest absolute Gasteiger partial charge is 0.247 e. The number of hydrogen-bond donors (Lipinski definition) is 1. The molecule has 5 nitrogen and oxygen atoms in total. The van der Waals surface area contributed by atoms with Gasteiger partial charge in [0.2, 0.25) is 11.8 Å². The Morgan fingerprint density at radius 3 is 2.86 bits per heavy atom. The second kappa shape index (κ2) is 6.37. The summed E-state index contributed by atoms with van der Waals surface area (Å²) < 4.78 is 5.71. The van der Waals surface area contributed by atoms with Crippen molar-refractivity contribution in [3.63, 3.8) is 0 Å². The number of aromatic nitrogens is 2. The molecule has 0 aliphatic carbocycles. The largest absolute Gasteiger partial charge is 0.419 e. The molecule has 0 bridgehead atoms. The van der Waals surface area contributed by atoms with Crippen LogP contribution in [0.4, 0.5) is 0 Å². The summed E-state index contributed by atoms with van der Waals surface area (Å²) in [6.45, 7) is 4.05. The van der Waals surface area contributed by atoms with E-state index >= 15 is 0 Å². The quantitative estimate of drug-likeness (QED) is 0.934. The van der Waals surface area contributed by atoms with Crippen molar-refractivity contribution in [1.82, 2.24) is 20.4 Å². The first-order valence-corrected chi connectivity index (χ1v) is 7.54. The van der Waals surface area contributed by atoms with Gasteiger partial charge in [0.25, 0.3) is 0 Å². The van der Waals surface area contributed by atoms with Crippen LogP contribution in [0.15, 0.2) is 34.7 Å². The van der Waals surface area contributed by atoms with Crippen LogP contribution in [0.5, 0.6) is 0 Å². The van der Waals surface area contributed by atoms with Crippen LogP contribution in [-0.4, -0.2) is 40.8 Å². The number of rotatable bonds is 4. The number of benzene rings is 1. The van der Waals surface area contributed by atoms with Gasteiger partial charge in [0, 0.05) is 17.6 Å². The van der Waals surface area contributed by atoms with Gasteiger partial charge in [-0.15, -0.1) is 10.2 Å². The fourth-order valence-electron chi connectivity index (χ4n) is 2.73. The molecule has 0 saturated carbocycles. The molecule has 1 N–H and O–H groups in total. The Bertz CT molecular complexity index is 569. The van der Waals surface area contributed by atoms with Crippen molar-refractivity contribution in [3.05, 3.63) is 36.2 Å². The average molecular weight is 286 g/mol. The van der Waals surface area contributed by atoms with Gasteiger partial charge in [-0.3, -0.25) is 0 Å². The van der Waals surface area contributed by atoms with Gasteiger partial charge in [-0.1, -0.05) is 18.2 Å². The van der Waals surface area contributed by atoms with Crippen molar-refractivity contribution in [2.75, 3.05) is 13.6 Å². The van der Waals surface area contributed by atoms with Crippen LogP contribution < -0.4 is 5.32 Å². The normalized spacial score (nSPS) is 23.3. The summed E-state index contributed by atoms with van der Waals surface area (Å²) >= 11 is 0.